The largest absolute Gasteiger partial charge is 0.347 e. The third-order valence-corrected chi connectivity index (χ3v) is 3.86. The Hall–Kier alpha value is -2.48. The van der Waals surface area contributed by atoms with Crippen LogP contribution in [0.3, 0.4) is 0 Å². The van der Waals surface area contributed by atoms with Crippen LogP contribution < -0.4 is 5.32 Å². The van der Waals surface area contributed by atoms with Gasteiger partial charge in [0.05, 0.1) is 27.0 Å². The Bertz CT molecular complexity index is 808. The molecule has 0 unspecified atom stereocenters. The van der Waals surface area contributed by atoms with Gasteiger partial charge < -0.3 is 5.32 Å². The van der Waals surface area contributed by atoms with Crippen molar-refractivity contribution >= 4 is 38.6 Å². The minimum Gasteiger partial charge on any atom is -0.347 e. The van der Waals surface area contributed by atoms with E-state index in [0.717, 1.165) is 4.70 Å². The molecule has 0 saturated heterocycles. The zero-order valence-electron chi connectivity index (χ0n) is 11.5. The summed E-state index contributed by atoms with van der Waals surface area (Å²) in [5, 5.41) is 18.6. The number of nitro groups is 1. The minimum atomic E-state index is -0.406. The van der Waals surface area contributed by atoms with Crippen LogP contribution in [0.5, 0.6) is 0 Å². The summed E-state index contributed by atoms with van der Waals surface area (Å²) < 4.78 is 2.58. The Balaban J connectivity index is 2.03. The Morgan fingerprint density at radius 1 is 1.43 bits per heavy atom. The number of fused-ring (bicyclic) bond motifs is 1. The number of aromatic nitrogens is 3. The van der Waals surface area contributed by atoms with Gasteiger partial charge in [-0.15, -0.1) is 11.3 Å². The molecule has 7 nitrogen and oxygen atoms in total. The highest BCUT2D eigenvalue weighted by atomic mass is 32.1. The molecule has 0 aliphatic rings. The van der Waals surface area contributed by atoms with E-state index in [-0.39, 0.29) is 11.7 Å². The molecule has 0 amide bonds. The normalized spacial score (nSPS) is 11.2. The molecule has 0 saturated carbocycles. The fraction of sp³-hybridized carbons (Fsp3) is 0.231. The van der Waals surface area contributed by atoms with Crippen LogP contribution in [0, 0.1) is 10.1 Å². The van der Waals surface area contributed by atoms with Gasteiger partial charge in [-0.25, -0.2) is 4.98 Å². The third-order valence-electron chi connectivity index (χ3n) is 3.07. The van der Waals surface area contributed by atoms with Crippen molar-refractivity contribution in [2.24, 2.45) is 0 Å². The Morgan fingerprint density at radius 2 is 2.24 bits per heavy atom. The Morgan fingerprint density at radius 3 is 2.90 bits per heavy atom. The van der Waals surface area contributed by atoms with Gasteiger partial charge in [0.15, 0.2) is 5.52 Å². The first kappa shape index (κ1) is 13.5. The second-order valence-electron chi connectivity index (χ2n) is 4.85. The van der Waals surface area contributed by atoms with E-state index in [0.29, 0.717) is 16.9 Å². The summed E-state index contributed by atoms with van der Waals surface area (Å²) in [7, 11) is 0. The second kappa shape index (κ2) is 5.13. The molecule has 0 aliphatic carbocycles. The monoisotopic (exact) mass is 303 g/mol. The van der Waals surface area contributed by atoms with Gasteiger partial charge in [-0.1, -0.05) is 0 Å². The summed E-state index contributed by atoms with van der Waals surface area (Å²) in [6, 6.07) is 3.76. The predicted molar refractivity (Wildman–Crippen MR) is 82.2 cm³/mol. The SMILES string of the molecule is CC(C)n1cc(Nc2ccc3scnc3c2[N+](=O)[O-])cn1. The van der Waals surface area contributed by atoms with Gasteiger partial charge in [0, 0.05) is 12.2 Å². The number of rotatable bonds is 4. The molecule has 108 valence electrons. The number of anilines is 2. The first-order valence-corrected chi connectivity index (χ1v) is 7.26. The molecular weight excluding hydrogens is 290 g/mol. The van der Waals surface area contributed by atoms with Crippen molar-refractivity contribution < 1.29 is 4.92 Å². The molecule has 0 bridgehead atoms. The smallest absolute Gasteiger partial charge is 0.319 e. The molecule has 1 N–H and O–H groups in total. The van der Waals surface area contributed by atoms with Gasteiger partial charge in [0.25, 0.3) is 0 Å². The van der Waals surface area contributed by atoms with Crippen LogP contribution in [0.4, 0.5) is 17.1 Å². The molecule has 0 aliphatic heterocycles. The van der Waals surface area contributed by atoms with Crippen LogP contribution >= 0.6 is 11.3 Å². The average molecular weight is 303 g/mol. The maximum atomic E-state index is 11.3. The van der Waals surface area contributed by atoms with Crippen LogP contribution in [0.1, 0.15) is 19.9 Å². The van der Waals surface area contributed by atoms with Gasteiger partial charge in [-0.05, 0) is 26.0 Å². The second-order valence-corrected chi connectivity index (χ2v) is 5.73. The highest BCUT2D eigenvalue weighted by Gasteiger charge is 2.21. The molecule has 3 rings (SSSR count). The van der Waals surface area contributed by atoms with Crippen molar-refractivity contribution in [2.75, 3.05) is 5.32 Å². The maximum Gasteiger partial charge on any atom is 0.319 e. The zero-order chi connectivity index (χ0) is 15.0. The summed E-state index contributed by atoms with van der Waals surface area (Å²) in [4.78, 5) is 15.0. The van der Waals surface area contributed by atoms with Crippen LogP contribution in [0.15, 0.2) is 30.0 Å². The lowest BCUT2D eigenvalue weighted by Gasteiger charge is -2.06. The predicted octanol–water partition coefficient (Wildman–Crippen LogP) is 3.73. The number of hydrogen-bond acceptors (Lipinski definition) is 6. The molecule has 21 heavy (non-hydrogen) atoms. The zero-order valence-corrected chi connectivity index (χ0v) is 12.3. The van der Waals surface area contributed by atoms with Crippen molar-refractivity contribution in [1.29, 1.82) is 0 Å². The third kappa shape index (κ3) is 2.45. The van der Waals surface area contributed by atoms with Gasteiger partial charge in [-0.3, -0.25) is 14.8 Å². The van der Waals surface area contributed by atoms with E-state index in [9.17, 15) is 10.1 Å². The van der Waals surface area contributed by atoms with Crippen molar-refractivity contribution in [2.45, 2.75) is 19.9 Å². The molecule has 0 fully saturated rings. The summed E-state index contributed by atoms with van der Waals surface area (Å²) in [6.45, 7) is 4.03. The van der Waals surface area contributed by atoms with E-state index in [4.69, 9.17) is 0 Å². The summed E-state index contributed by atoms with van der Waals surface area (Å²) >= 11 is 1.38. The quantitative estimate of drug-likeness (QED) is 0.586. The first-order chi connectivity index (χ1) is 10.1. The van der Waals surface area contributed by atoms with Crippen LogP contribution in [0.2, 0.25) is 0 Å². The molecule has 2 heterocycles. The summed E-state index contributed by atoms with van der Waals surface area (Å²) in [6.07, 6.45) is 3.47. The van der Waals surface area contributed by atoms with Crippen molar-refractivity contribution in [3.8, 4) is 0 Å². The Labute approximate surface area is 124 Å². The van der Waals surface area contributed by atoms with Crippen molar-refractivity contribution in [1.82, 2.24) is 14.8 Å². The molecule has 0 spiro atoms. The molecule has 2 aromatic heterocycles. The standard InChI is InChI=1S/C13H13N5O2S/c1-8(2)17-6-9(5-15-17)16-10-3-4-11-12(14-7-21-11)13(10)18(19)20/h3-8,16H,1-2H3. The minimum absolute atomic E-state index is 0.00829. The van der Waals surface area contributed by atoms with E-state index in [1.54, 1.807) is 22.5 Å². The van der Waals surface area contributed by atoms with E-state index < -0.39 is 4.92 Å². The van der Waals surface area contributed by atoms with Crippen LogP contribution in [-0.2, 0) is 0 Å². The molecule has 8 heteroatoms. The molecular formula is C13H13N5O2S. The fourth-order valence-electron chi connectivity index (χ4n) is 2.04. The van der Waals surface area contributed by atoms with E-state index in [1.807, 2.05) is 26.1 Å². The molecule has 1 aromatic carbocycles. The fourth-order valence-corrected chi connectivity index (χ4v) is 2.72. The number of hydrogen-bond donors (Lipinski definition) is 1. The number of nitro benzene ring substituents is 1. The van der Waals surface area contributed by atoms with E-state index in [1.165, 1.54) is 11.3 Å². The van der Waals surface area contributed by atoms with Crippen molar-refractivity contribution in [3.05, 3.63) is 40.2 Å². The summed E-state index contributed by atoms with van der Waals surface area (Å²) in [5.41, 5.74) is 3.14. The highest BCUT2D eigenvalue weighted by molar-refractivity contribution is 7.16. The topological polar surface area (TPSA) is 85.9 Å². The first-order valence-electron chi connectivity index (χ1n) is 6.38. The molecule has 3 aromatic rings. The van der Waals surface area contributed by atoms with Crippen molar-refractivity contribution in [3.63, 3.8) is 0 Å². The van der Waals surface area contributed by atoms with Gasteiger partial charge >= 0.3 is 5.69 Å². The molecule has 0 radical (unpaired) electrons. The molecule has 0 atom stereocenters. The lowest BCUT2D eigenvalue weighted by molar-refractivity contribution is -0.382. The average Bonchev–Trinajstić information content (AvgIpc) is 3.06. The lowest BCUT2D eigenvalue weighted by atomic mass is 10.2. The Kier molecular flexibility index (Phi) is 3.30. The van der Waals surface area contributed by atoms with E-state index in [2.05, 4.69) is 15.4 Å². The number of benzene rings is 1. The summed E-state index contributed by atoms with van der Waals surface area (Å²) in [5.74, 6) is 0. The van der Waals surface area contributed by atoms with Crippen LogP contribution in [-0.4, -0.2) is 19.7 Å². The highest BCUT2D eigenvalue weighted by Crippen LogP contribution is 2.35. The number of nitrogens with one attached hydrogen (secondary N) is 1. The van der Waals surface area contributed by atoms with Gasteiger partial charge in [0.2, 0.25) is 0 Å². The van der Waals surface area contributed by atoms with Gasteiger partial charge in [0.1, 0.15) is 5.69 Å². The maximum absolute atomic E-state index is 11.3. The van der Waals surface area contributed by atoms with E-state index >= 15 is 0 Å². The van der Waals surface area contributed by atoms with Crippen LogP contribution in [0.25, 0.3) is 10.2 Å². The number of nitrogens with zero attached hydrogens (tertiary/aromatic N) is 4. The number of thiazole rings is 1. The van der Waals surface area contributed by atoms with Gasteiger partial charge in [-0.2, -0.15) is 5.10 Å². The lowest BCUT2D eigenvalue weighted by Crippen LogP contribution is -2.00.